The lowest BCUT2D eigenvalue weighted by atomic mass is 9.98. The summed E-state index contributed by atoms with van der Waals surface area (Å²) >= 11 is 0. The zero-order chi connectivity index (χ0) is 13.8. The molecule has 4 heteroatoms. The van der Waals surface area contributed by atoms with E-state index in [1.165, 1.54) is 5.56 Å². The predicted octanol–water partition coefficient (Wildman–Crippen LogP) is 2.71. The normalized spacial score (nSPS) is 14.5. The van der Waals surface area contributed by atoms with E-state index in [9.17, 15) is 0 Å². The molecule has 0 radical (unpaired) electrons. The first-order valence-electron chi connectivity index (χ1n) is 6.35. The number of aliphatic imine (C=N–C) groups is 2. The third-order valence-electron chi connectivity index (χ3n) is 2.97. The second kappa shape index (κ2) is 6.12. The van der Waals surface area contributed by atoms with E-state index in [4.69, 9.17) is 4.74 Å². The van der Waals surface area contributed by atoms with Crippen molar-refractivity contribution in [3.8, 4) is 5.75 Å². The molecule has 1 unspecified atom stereocenters. The molecule has 1 aromatic carbocycles. The molecular formula is C15H19N2OP. The second-order valence-corrected chi connectivity index (χ2v) is 5.38. The molecular weight excluding hydrogens is 255 g/mol. The van der Waals surface area contributed by atoms with E-state index in [0.717, 1.165) is 22.5 Å². The summed E-state index contributed by atoms with van der Waals surface area (Å²) in [5, 5.41) is 1.12. The number of nitrogens with zero attached hydrogens (tertiary/aromatic N) is 2. The average Bonchev–Trinajstić information content (AvgIpc) is 2.66. The Kier molecular flexibility index (Phi) is 4.49. The maximum Gasteiger partial charge on any atom is 0.158 e. The fraction of sp³-hybridized carbons (Fsp3) is 0.333. The van der Waals surface area contributed by atoms with Crippen LogP contribution in [0.2, 0.25) is 0 Å². The van der Waals surface area contributed by atoms with Gasteiger partial charge in [-0.3, -0.25) is 4.99 Å². The number of hydrogen-bond acceptors (Lipinski definition) is 3. The molecule has 0 fully saturated rings. The second-order valence-electron chi connectivity index (χ2n) is 4.72. The van der Waals surface area contributed by atoms with Crippen LogP contribution in [0.3, 0.4) is 0 Å². The van der Waals surface area contributed by atoms with Crippen LogP contribution in [0.15, 0.2) is 34.3 Å². The third-order valence-corrected chi connectivity index (χ3v) is 3.31. The number of amidine groups is 1. The summed E-state index contributed by atoms with van der Waals surface area (Å²) in [7, 11) is 4.44. The molecule has 1 atom stereocenters. The monoisotopic (exact) mass is 274 g/mol. The summed E-state index contributed by atoms with van der Waals surface area (Å²) < 4.78 is 5.60. The Labute approximate surface area is 116 Å². The Bertz CT molecular complexity index is 560. The molecule has 19 heavy (non-hydrogen) atoms. The van der Waals surface area contributed by atoms with Gasteiger partial charge in [0, 0.05) is 6.21 Å². The van der Waals surface area contributed by atoms with E-state index in [1.807, 2.05) is 12.2 Å². The summed E-state index contributed by atoms with van der Waals surface area (Å²) in [4.78, 5) is 8.88. The van der Waals surface area contributed by atoms with Gasteiger partial charge in [0.05, 0.1) is 19.2 Å². The number of ether oxygens (including phenoxy) is 1. The molecule has 1 aliphatic rings. The molecule has 1 aromatic rings. The standard InChI is InChI=1S/C15H19N2OP/c1-10(2)12-8-11(19)9-13(14(12)18-3)15-16-6-4-5-7-17-15/h4-6,8-10H,7,19H2,1-3H3. The van der Waals surface area contributed by atoms with Gasteiger partial charge in [-0.25, -0.2) is 4.99 Å². The van der Waals surface area contributed by atoms with Crippen LogP contribution in [-0.2, 0) is 0 Å². The Balaban J connectivity index is 2.59. The van der Waals surface area contributed by atoms with Gasteiger partial charge in [-0.15, -0.1) is 9.24 Å². The van der Waals surface area contributed by atoms with E-state index in [-0.39, 0.29) is 0 Å². The smallest absolute Gasteiger partial charge is 0.158 e. The van der Waals surface area contributed by atoms with Gasteiger partial charge in [0.2, 0.25) is 0 Å². The molecule has 0 spiro atoms. The SMILES string of the molecule is COc1c(C2=NCC=CC=N2)cc(P)cc1C(C)C. The summed E-state index contributed by atoms with van der Waals surface area (Å²) in [6, 6.07) is 4.19. The first kappa shape index (κ1) is 14.0. The molecule has 0 N–H and O–H groups in total. The highest BCUT2D eigenvalue weighted by molar-refractivity contribution is 7.27. The molecule has 100 valence electrons. The van der Waals surface area contributed by atoms with E-state index in [1.54, 1.807) is 13.3 Å². The summed E-state index contributed by atoms with van der Waals surface area (Å²) in [5.74, 6) is 2.00. The summed E-state index contributed by atoms with van der Waals surface area (Å²) in [5.41, 5.74) is 2.14. The van der Waals surface area contributed by atoms with Crippen molar-refractivity contribution in [2.24, 2.45) is 9.98 Å². The fourth-order valence-electron chi connectivity index (χ4n) is 2.07. The Morgan fingerprint density at radius 1 is 1.32 bits per heavy atom. The van der Waals surface area contributed by atoms with Crippen molar-refractivity contribution in [2.75, 3.05) is 13.7 Å². The molecule has 0 bridgehead atoms. The third kappa shape index (κ3) is 3.10. The molecule has 0 aromatic heterocycles. The maximum absolute atomic E-state index is 5.60. The Morgan fingerprint density at radius 2 is 2.11 bits per heavy atom. The summed E-state index contributed by atoms with van der Waals surface area (Å²) in [6.45, 7) is 4.97. The van der Waals surface area contributed by atoms with E-state index < -0.39 is 0 Å². The number of allylic oxidation sites excluding steroid dienone is 1. The highest BCUT2D eigenvalue weighted by Gasteiger charge is 2.17. The number of hydrogen-bond donors (Lipinski definition) is 0. The lowest BCUT2D eigenvalue weighted by Gasteiger charge is -2.17. The lowest BCUT2D eigenvalue weighted by Crippen LogP contribution is -2.09. The number of methoxy groups -OCH3 is 1. The number of benzene rings is 1. The molecule has 1 heterocycles. The van der Waals surface area contributed by atoms with Crippen molar-refractivity contribution in [3.63, 3.8) is 0 Å². The van der Waals surface area contributed by atoms with Crippen LogP contribution in [0.4, 0.5) is 0 Å². The van der Waals surface area contributed by atoms with Crippen molar-refractivity contribution < 1.29 is 4.74 Å². The Morgan fingerprint density at radius 3 is 2.79 bits per heavy atom. The van der Waals surface area contributed by atoms with Gasteiger partial charge in [-0.1, -0.05) is 19.9 Å². The van der Waals surface area contributed by atoms with Gasteiger partial charge in [0.1, 0.15) is 5.75 Å². The first-order valence-corrected chi connectivity index (χ1v) is 6.92. The van der Waals surface area contributed by atoms with E-state index in [0.29, 0.717) is 12.5 Å². The van der Waals surface area contributed by atoms with E-state index in [2.05, 4.69) is 45.2 Å². The number of rotatable bonds is 3. The van der Waals surface area contributed by atoms with Gasteiger partial charge in [0.15, 0.2) is 5.84 Å². The van der Waals surface area contributed by atoms with Crippen molar-refractivity contribution in [1.29, 1.82) is 0 Å². The molecule has 0 saturated carbocycles. The van der Waals surface area contributed by atoms with Crippen molar-refractivity contribution in [3.05, 3.63) is 35.4 Å². The van der Waals surface area contributed by atoms with Gasteiger partial charge in [-0.05, 0) is 35.0 Å². The first-order chi connectivity index (χ1) is 9.13. The molecule has 1 aliphatic heterocycles. The van der Waals surface area contributed by atoms with Crippen LogP contribution in [0.5, 0.6) is 5.75 Å². The van der Waals surface area contributed by atoms with Gasteiger partial charge >= 0.3 is 0 Å². The highest BCUT2D eigenvalue weighted by atomic mass is 31.0. The maximum atomic E-state index is 5.60. The lowest BCUT2D eigenvalue weighted by molar-refractivity contribution is 0.407. The van der Waals surface area contributed by atoms with Crippen molar-refractivity contribution in [2.45, 2.75) is 19.8 Å². The van der Waals surface area contributed by atoms with Crippen LogP contribution in [0.1, 0.15) is 30.9 Å². The topological polar surface area (TPSA) is 34.0 Å². The minimum Gasteiger partial charge on any atom is -0.496 e. The van der Waals surface area contributed by atoms with Crippen LogP contribution < -0.4 is 10.0 Å². The van der Waals surface area contributed by atoms with Gasteiger partial charge in [-0.2, -0.15) is 0 Å². The predicted molar refractivity (Wildman–Crippen MR) is 85.5 cm³/mol. The molecule has 0 saturated heterocycles. The molecule has 2 rings (SSSR count). The van der Waals surface area contributed by atoms with Crippen LogP contribution in [-0.4, -0.2) is 25.7 Å². The van der Waals surface area contributed by atoms with Crippen LogP contribution >= 0.6 is 9.24 Å². The minimum absolute atomic E-state index is 0.391. The molecule has 0 amide bonds. The van der Waals surface area contributed by atoms with E-state index >= 15 is 0 Å². The summed E-state index contributed by atoms with van der Waals surface area (Å²) in [6.07, 6.45) is 5.67. The van der Waals surface area contributed by atoms with Gasteiger partial charge < -0.3 is 4.74 Å². The van der Waals surface area contributed by atoms with Crippen molar-refractivity contribution in [1.82, 2.24) is 0 Å². The quantitative estimate of drug-likeness (QED) is 0.780. The molecule has 3 nitrogen and oxygen atoms in total. The minimum atomic E-state index is 0.391. The van der Waals surface area contributed by atoms with Crippen LogP contribution in [0.25, 0.3) is 0 Å². The average molecular weight is 274 g/mol. The zero-order valence-corrected chi connectivity index (χ0v) is 12.7. The van der Waals surface area contributed by atoms with Crippen molar-refractivity contribution >= 4 is 26.6 Å². The molecule has 0 aliphatic carbocycles. The largest absolute Gasteiger partial charge is 0.496 e. The highest BCUT2D eigenvalue weighted by Crippen LogP contribution is 2.30. The van der Waals surface area contributed by atoms with Gasteiger partial charge in [0.25, 0.3) is 0 Å². The fourth-order valence-corrected chi connectivity index (χ4v) is 2.41. The Hall–Kier alpha value is -1.47. The zero-order valence-electron chi connectivity index (χ0n) is 11.6. The van der Waals surface area contributed by atoms with Crippen LogP contribution in [0, 0.1) is 0 Å².